The molecular weight excluding hydrogens is 783 g/mol. The van der Waals surface area contributed by atoms with Crippen LogP contribution >= 0.6 is 0 Å². The lowest BCUT2D eigenvalue weighted by Crippen LogP contribution is -2.28. The van der Waals surface area contributed by atoms with Crippen molar-refractivity contribution in [2.45, 2.75) is 37.0 Å². The van der Waals surface area contributed by atoms with E-state index in [2.05, 4.69) is 261 Å². The van der Waals surface area contributed by atoms with Crippen molar-refractivity contribution in [1.82, 2.24) is 0 Å². The van der Waals surface area contributed by atoms with Gasteiger partial charge in [-0.25, -0.2) is 0 Å². The standard InChI is InChI=1S/C64H49N/c1-63(2)61-41-49(45-19-9-4-10-20-45)33-38-56(61)57-39-36-54(43-62(57)63)65(52-34-31-48(32-35-52)47-29-27-46(28-30-47)44-17-7-3-8-18-44)53-37-40-60-58(42-53)55-25-15-16-26-59(55)64(60,50-21-11-5-12-22-50)51-23-13-6-14-24-51/h3-19,21-43,45H,20H2,1-2H3. The summed E-state index contributed by atoms with van der Waals surface area (Å²) in [5.74, 6) is 0.410. The smallest absolute Gasteiger partial charge is 0.0713 e. The van der Waals surface area contributed by atoms with Gasteiger partial charge in [0.05, 0.1) is 5.41 Å². The van der Waals surface area contributed by atoms with E-state index >= 15 is 0 Å². The van der Waals surface area contributed by atoms with Gasteiger partial charge in [-0.1, -0.05) is 220 Å². The third-order valence-electron chi connectivity index (χ3n) is 14.5. The van der Waals surface area contributed by atoms with Gasteiger partial charge in [-0.05, 0) is 126 Å². The third kappa shape index (κ3) is 6.29. The predicted octanol–water partition coefficient (Wildman–Crippen LogP) is 16.8. The van der Waals surface area contributed by atoms with Crippen LogP contribution in [-0.2, 0) is 10.8 Å². The average molecular weight is 832 g/mol. The van der Waals surface area contributed by atoms with Crippen LogP contribution in [0.3, 0.4) is 0 Å². The summed E-state index contributed by atoms with van der Waals surface area (Å²) in [6.45, 7) is 4.81. The van der Waals surface area contributed by atoms with E-state index in [0.29, 0.717) is 5.92 Å². The first kappa shape index (κ1) is 38.9. The van der Waals surface area contributed by atoms with Gasteiger partial charge in [0.2, 0.25) is 0 Å². The highest BCUT2D eigenvalue weighted by molar-refractivity contribution is 5.91. The van der Waals surface area contributed by atoms with E-state index in [0.717, 1.165) is 23.5 Å². The normalized spacial score (nSPS) is 15.8. The third-order valence-corrected chi connectivity index (χ3v) is 14.5. The molecule has 0 fully saturated rings. The molecule has 0 amide bonds. The molecular formula is C64H49N. The molecule has 0 heterocycles. The van der Waals surface area contributed by atoms with Gasteiger partial charge in [0.25, 0.3) is 0 Å². The summed E-state index contributed by atoms with van der Waals surface area (Å²) in [4.78, 5) is 2.47. The Morgan fingerprint density at radius 2 is 0.877 bits per heavy atom. The van der Waals surface area contributed by atoms with Crippen LogP contribution in [0.4, 0.5) is 17.1 Å². The molecule has 65 heavy (non-hydrogen) atoms. The van der Waals surface area contributed by atoms with Gasteiger partial charge in [-0.2, -0.15) is 0 Å². The molecule has 0 N–H and O–H groups in total. The minimum atomic E-state index is -0.457. The van der Waals surface area contributed by atoms with Crippen molar-refractivity contribution < 1.29 is 0 Å². The first-order chi connectivity index (χ1) is 32.0. The Hall–Kier alpha value is -7.74. The fourth-order valence-electron chi connectivity index (χ4n) is 11.3. The highest BCUT2D eigenvalue weighted by atomic mass is 15.1. The van der Waals surface area contributed by atoms with Crippen molar-refractivity contribution in [3.8, 4) is 44.5 Å². The number of fused-ring (bicyclic) bond motifs is 6. The van der Waals surface area contributed by atoms with E-state index in [-0.39, 0.29) is 5.41 Å². The van der Waals surface area contributed by atoms with E-state index in [1.165, 1.54) is 83.5 Å². The van der Waals surface area contributed by atoms with E-state index in [9.17, 15) is 0 Å². The van der Waals surface area contributed by atoms with Crippen molar-refractivity contribution in [1.29, 1.82) is 0 Å². The summed E-state index contributed by atoms with van der Waals surface area (Å²) in [6.07, 6.45) is 10.0. The maximum atomic E-state index is 2.48. The number of rotatable bonds is 8. The second-order valence-electron chi connectivity index (χ2n) is 18.4. The van der Waals surface area contributed by atoms with E-state index in [1.54, 1.807) is 0 Å². The molecule has 3 aliphatic rings. The summed E-state index contributed by atoms with van der Waals surface area (Å²) < 4.78 is 0. The molecule has 0 radical (unpaired) electrons. The lowest BCUT2D eigenvalue weighted by molar-refractivity contribution is 0.658. The predicted molar refractivity (Wildman–Crippen MR) is 273 cm³/mol. The lowest BCUT2D eigenvalue weighted by atomic mass is 9.68. The summed E-state index contributed by atoms with van der Waals surface area (Å²) in [6, 6.07) is 81.5. The van der Waals surface area contributed by atoms with Crippen LogP contribution in [0.15, 0.2) is 243 Å². The molecule has 9 aromatic rings. The molecule has 9 aromatic carbocycles. The molecule has 0 aliphatic heterocycles. The number of benzene rings is 9. The Balaban J connectivity index is 1.00. The molecule has 0 saturated carbocycles. The van der Waals surface area contributed by atoms with Gasteiger partial charge in [-0.3, -0.25) is 0 Å². The largest absolute Gasteiger partial charge is 0.310 e. The van der Waals surface area contributed by atoms with Gasteiger partial charge >= 0.3 is 0 Å². The Bertz CT molecular complexity index is 3240. The zero-order chi connectivity index (χ0) is 43.5. The molecule has 0 bridgehead atoms. The van der Waals surface area contributed by atoms with Crippen LogP contribution in [-0.4, -0.2) is 0 Å². The molecule has 12 rings (SSSR count). The minimum Gasteiger partial charge on any atom is -0.310 e. The number of allylic oxidation sites excluding steroid dienone is 4. The molecule has 1 nitrogen and oxygen atoms in total. The highest BCUT2D eigenvalue weighted by Crippen LogP contribution is 2.58. The molecule has 1 atom stereocenters. The molecule has 310 valence electrons. The second kappa shape index (κ2) is 15.5. The number of hydrogen-bond donors (Lipinski definition) is 0. The van der Waals surface area contributed by atoms with Crippen LogP contribution in [0.5, 0.6) is 0 Å². The molecule has 1 unspecified atom stereocenters. The van der Waals surface area contributed by atoms with Crippen molar-refractivity contribution in [3.05, 3.63) is 282 Å². The molecule has 1 heteroatoms. The number of hydrogen-bond acceptors (Lipinski definition) is 1. The molecule has 0 aromatic heterocycles. The van der Waals surface area contributed by atoms with Crippen molar-refractivity contribution in [3.63, 3.8) is 0 Å². The Morgan fingerprint density at radius 3 is 1.52 bits per heavy atom. The fraction of sp³-hybridized carbons (Fsp3) is 0.0938. The van der Waals surface area contributed by atoms with Gasteiger partial charge < -0.3 is 4.90 Å². The van der Waals surface area contributed by atoms with Crippen molar-refractivity contribution in [2.24, 2.45) is 0 Å². The maximum Gasteiger partial charge on any atom is 0.0713 e. The first-order valence-corrected chi connectivity index (χ1v) is 23.0. The topological polar surface area (TPSA) is 3.24 Å². The maximum absolute atomic E-state index is 2.48. The molecule has 3 aliphatic carbocycles. The van der Waals surface area contributed by atoms with Gasteiger partial charge in [0.15, 0.2) is 0 Å². The quantitative estimate of drug-likeness (QED) is 0.147. The number of anilines is 3. The van der Waals surface area contributed by atoms with Gasteiger partial charge in [-0.15, -0.1) is 0 Å². The summed E-state index contributed by atoms with van der Waals surface area (Å²) in [5, 5.41) is 0. The average Bonchev–Trinajstić information content (AvgIpc) is 3.80. The lowest BCUT2D eigenvalue weighted by Gasteiger charge is -2.34. The van der Waals surface area contributed by atoms with Crippen LogP contribution in [0.1, 0.15) is 65.1 Å². The minimum absolute atomic E-state index is 0.172. The Labute approximate surface area is 383 Å². The van der Waals surface area contributed by atoms with Crippen LogP contribution in [0, 0.1) is 0 Å². The summed E-state index contributed by atoms with van der Waals surface area (Å²) in [7, 11) is 0. The van der Waals surface area contributed by atoms with Crippen molar-refractivity contribution in [2.75, 3.05) is 4.90 Å². The summed E-state index contributed by atoms with van der Waals surface area (Å²) in [5.41, 5.74) is 22.1. The van der Waals surface area contributed by atoms with Crippen LogP contribution in [0.2, 0.25) is 0 Å². The second-order valence-corrected chi connectivity index (χ2v) is 18.4. The van der Waals surface area contributed by atoms with Crippen LogP contribution in [0.25, 0.3) is 44.5 Å². The SMILES string of the molecule is CC1(C)c2cc(C3C=CC=CC3)ccc2-c2ccc(N(c3ccc(-c4ccc(-c5ccccc5)cc4)cc3)c3ccc4c(c3)-c3ccccc3C4(c3ccccc3)c3ccccc3)cc21. The van der Waals surface area contributed by atoms with E-state index in [1.807, 2.05) is 0 Å². The number of nitrogens with zero attached hydrogens (tertiary/aromatic N) is 1. The molecule has 0 saturated heterocycles. The monoisotopic (exact) mass is 831 g/mol. The zero-order valence-electron chi connectivity index (χ0n) is 36.8. The fourth-order valence-corrected chi connectivity index (χ4v) is 11.3. The van der Waals surface area contributed by atoms with E-state index < -0.39 is 5.41 Å². The Kier molecular flexibility index (Phi) is 9.28. The highest BCUT2D eigenvalue weighted by Gasteiger charge is 2.46. The van der Waals surface area contributed by atoms with Crippen LogP contribution < -0.4 is 4.90 Å². The van der Waals surface area contributed by atoms with Gasteiger partial charge in [0, 0.05) is 28.4 Å². The Morgan fingerprint density at radius 1 is 0.385 bits per heavy atom. The van der Waals surface area contributed by atoms with E-state index in [4.69, 9.17) is 0 Å². The zero-order valence-corrected chi connectivity index (χ0v) is 36.8. The van der Waals surface area contributed by atoms with Gasteiger partial charge in [0.1, 0.15) is 0 Å². The molecule has 0 spiro atoms. The first-order valence-electron chi connectivity index (χ1n) is 23.0. The van der Waals surface area contributed by atoms with Crippen molar-refractivity contribution >= 4 is 17.1 Å². The summed E-state index contributed by atoms with van der Waals surface area (Å²) >= 11 is 0.